The highest BCUT2D eigenvalue weighted by Crippen LogP contribution is 2.20. The number of anilines is 1. The lowest BCUT2D eigenvalue weighted by Gasteiger charge is -2.34. The van der Waals surface area contributed by atoms with E-state index < -0.39 is 0 Å². The molecule has 1 N–H and O–H groups in total. The van der Waals surface area contributed by atoms with E-state index in [-0.39, 0.29) is 0 Å². The Balaban J connectivity index is 2.15. The summed E-state index contributed by atoms with van der Waals surface area (Å²) in [5.74, 6) is 1.70. The summed E-state index contributed by atoms with van der Waals surface area (Å²) >= 11 is 0. The molecule has 1 aliphatic rings. The second-order valence-corrected chi connectivity index (χ2v) is 4.32. The molecule has 17 heavy (non-hydrogen) atoms. The number of hydrogen-bond donors (Lipinski definition) is 1. The molecule has 0 aromatic carbocycles. The van der Waals surface area contributed by atoms with Gasteiger partial charge in [0.25, 0.3) is 0 Å². The lowest BCUT2D eigenvalue weighted by molar-refractivity contribution is 0.395. The van der Waals surface area contributed by atoms with Crippen LogP contribution in [0.4, 0.5) is 5.82 Å². The fourth-order valence-corrected chi connectivity index (χ4v) is 2.38. The molecule has 1 atom stereocenters. The maximum absolute atomic E-state index is 5.18. The van der Waals surface area contributed by atoms with Gasteiger partial charge >= 0.3 is 0 Å². The topological polar surface area (TPSA) is 37.4 Å². The van der Waals surface area contributed by atoms with Crippen molar-refractivity contribution in [2.24, 2.45) is 0 Å². The number of hydrogen-bond acceptors (Lipinski definition) is 4. The van der Waals surface area contributed by atoms with E-state index in [0.717, 1.165) is 25.5 Å². The average Bonchev–Trinajstić information content (AvgIpc) is 2.41. The van der Waals surface area contributed by atoms with Gasteiger partial charge in [-0.1, -0.05) is 6.07 Å². The van der Waals surface area contributed by atoms with Gasteiger partial charge in [0, 0.05) is 25.2 Å². The maximum atomic E-state index is 5.18. The monoisotopic (exact) mass is 235 g/mol. The van der Waals surface area contributed by atoms with Crippen molar-refractivity contribution in [2.45, 2.75) is 25.8 Å². The van der Waals surface area contributed by atoms with Crippen molar-refractivity contribution in [1.82, 2.24) is 10.3 Å². The second-order valence-electron chi connectivity index (χ2n) is 4.32. The predicted molar refractivity (Wildman–Crippen MR) is 69.7 cm³/mol. The van der Waals surface area contributed by atoms with E-state index >= 15 is 0 Å². The lowest BCUT2D eigenvalue weighted by atomic mass is 10.1. The summed E-state index contributed by atoms with van der Waals surface area (Å²) in [4.78, 5) is 6.87. The molecule has 1 fully saturated rings. The highest BCUT2D eigenvalue weighted by molar-refractivity contribution is 5.42. The van der Waals surface area contributed by atoms with Crippen molar-refractivity contribution < 1.29 is 4.74 Å². The van der Waals surface area contributed by atoms with Crippen molar-refractivity contribution in [2.75, 3.05) is 31.6 Å². The first-order chi connectivity index (χ1) is 8.35. The van der Waals surface area contributed by atoms with E-state index in [0.29, 0.717) is 11.9 Å². The molecule has 0 bridgehead atoms. The van der Waals surface area contributed by atoms with E-state index in [1.165, 1.54) is 12.8 Å². The number of aromatic nitrogens is 1. The van der Waals surface area contributed by atoms with Gasteiger partial charge in [-0.05, 0) is 32.4 Å². The molecule has 0 saturated carbocycles. The fraction of sp³-hybridized carbons (Fsp3) is 0.615. The SMILES string of the molecule is CCN(c1cccc(OC)n1)C1CCCNC1. The maximum Gasteiger partial charge on any atom is 0.214 e. The Bertz CT molecular complexity index is 350. The number of ether oxygens (including phenoxy) is 1. The molecular formula is C13H21N3O. The van der Waals surface area contributed by atoms with Gasteiger partial charge in [0.05, 0.1) is 7.11 Å². The number of methoxy groups -OCH3 is 1. The molecule has 0 amide bonds. The molecule has 0 aliphatic carbocycles. The normalized spacial score (nSPS) is 20.0. The van der Waals surface area contributed by atoms with E-state index in [2.05, 4.69) is 28.2 Å². The highest BCUT2D eigenvalue weighted by atomic mass is 16.5. The van der Waals surface area contributed by atoms with E-state index in [1.807, 2.05) is 12.1 Å². The summed E-state index contributed by atoms with van der Waals surface area (Å²) in [5, 5.41) is 3.45. The zero-order valence-corrected chi connectivity index (χ0v) is 10.6. The summed E-state index contributed by atoms with van der Waals surface area (Å²) in [6.07, 6.45) is 2.48. The summed E-state index contributed by atoms with van der Waals surface area (Å²) in [7, 11) is 1.66. The van der Waals surface area contributed by atoms with Crippen molar-refractivity contribution in [3.63, 3.8) is 0 Å². The molecule has 1 aliphatic heterocycles. The first-order valence-corrected chi connectivity index (χ1v) is 6.33. The number of nitrogens with one attached hydrogen (secondary N) is 1. The van der Waals surface area contributed by atoms with Crippen molar-refractivity contribution in [1.29, 1.82) is 0 Å². The van der Waals surface area contributed by atoms with Gasteiger partial charge in [-0.3, -0.25) is 0 Å². The number of rotatable bonds is 4. The van der Waals surface area contributed by atoms with Gasteiger partial charge in [0.15, 0.2) is 0 Å². The molecule has 2 rings (SSSR count). The van der Waals surface area contributed by atoms with Crippen LogP contribution in [0.2, 0.25) is 0 Å². The Morgan fingerprint density at radius 3 is 3.06 bits per heavy atom. The van der Waals surface area contributed by atoms with Crippen LogP contribution in [-0.4, -0.2) is 37.8 Å². The molecule has 4 nitrogen and oxygen atoms in total. The number of likely N-dealkylation sites (N-methyl/N-ethyl adjacent to an activating group) is 1. The zero-order valence-electron chi connectivity index (χ0n) is 10.6. The third kappa shape index (κ3) is 2.88. The minimum Gasteiger partial charge on any atom is -0.481 e. The first kappa shape index (κ1) is 12.2. The van der Waals surface area contributed by atoms with Crippen LogP contribution in [0.5, 0.6) is 5.88 Å². The Morgan fingerprint density at radius 1 is 1.53 bits per heavy atom. The first-order valence-electron chi connectivity index (χ1n) is 6.33. The molecule has 1 unspecified atom stereocenters. The van der Waals surface area contributed by atoms with Crippen LogP contribution >= 0.6 is 0 Å². The molecule has 94 valence electrons. The number of nitrogens with zero attached hydrogens (tertiary/aromatic N) is 2. The molecule has 0 radical (unpaired) electrons. The molecule has 4 heteroatoms. The van der Waals surface area contributed by atoms with Crippen molar-refractivity contribution in [3.8, 4) is 5.88 Å². The molecular weight excluding hydrogens is 214 g/mol. The second kappa shape index (κ2) is 5.87. The fourth-order valence-electron chi connectivity index (χ4n) is 2.38. The van der Waals surface area contributed by atoms with Crippen LogP contribution in [0.3, 0.4) is 0 Å². The minimum absolute atomic E-state index is 0.549. The third-order valence-electron chi connectivity index (χ3n) is 3.26. The van der Waals surface area contributed by atoms with Crippen LogP contribution in [0.1, 0.15) is 19.8 Å². The molecule has 2 heterocycles. The van der Waals surface area contributed by atoms with Gasteiger partial charge in [-0.25, -0.2) is 0 Å². The summed E-state index contributed by atoms with van der Waals surface area (Å²) in [6, 6.07) is 6.49. The van der Waals surface area contributed by atoms with Crippen molar-refractivity contribution >= 4 is 5.82 Å². The predicted octanol–water partition coefficient (Wildman–Crippen LogP) is 1.67. The zero-order chi connectivity index (χ0) is 12.1. The quantitative estimate of drug-likeness (QED) is 0.861. The van der Waals surface area contributed by atoms with Gasteiger partial charge in [-0.15, -0.1) is 0 Å². The Kier molecular flexibility index (Phi) is 4.20. The standard InChI is InChI=1S/C13H21N3O/c1-3-16(11-6-5-9-14-10-11)12-7-4-8-13(15-12)17-2/h4,7-8,11,14H,3,5-6,9-10H2,1-2H3. The largest absolute Gasteiger partial charge is 0.481 e. The molecule has 1 aromatic rings. The summed E-state index contributed by atoms with van der Waals surface area (Å²) in [6.45, 7) is 5.34. The van der Waals surface area contributed by atoms with E-state index in [4.69, 9.17) is 4.74 Å². The molecule has 1 aromatic heterocycles. The smallest absolute Gasteiger partial charge is 0.214 e. The van der Waals surface area contributed by atoms with Crippen LogP contribution in [0.25, 0.3) is 0 Å². The highest BCUT2D eigenvalue weighted by Gasteiger charge is 2.20. The van der Waals surface area contributed by atoms with Gasteiger partial charge < -0.3 is 15.0 Å². The van der Waals surface area contributed by atoms with Gasteiger partial charge in [0.1, 0.15) is 5.82 Å². The van der Waals surface area contributed by atoms with E-state index in [9.17, 15) is 0 Å². The number of pyridine rings is 1. The average molecular weight is 235 g/mol. The molecule has 0 spiro atoms. The van der Waals surface area contributed by atoms with Crippen LogP contribution < -0.4 is 15.0 Å². The van der Waals surface area contributed by atoms with Gasteiger partial charge in [-0.2, -0.15) is 4.98 Å². The van der Waals surface area contributed by atoms with E-state index in [1.54, 1.807) is 7.11 Å². The Hall–Kier alpha value is -1.29. The minimum atomic E-state index is 0.549. The number of piperidine rings is 1. The Labute approximate surface area is 103 Å². The van der Waals surface area contributed by atoms with Crippen molar-refractivity contribution in [3.05, 3.63) is 18.2 Å². The van der Waals surface area contributed by atoms with Crippen LogP contribution in [0, 0.1) is 0 Å². The van der Waals surface area contributed by atoms with Crippen LogP contribution in [-0.2, 0) is 0 Å². The Morgan fingerprint density at radius 2 is 2.41 bits per heavy atom. The third-order valence-corrected chi connectivity index (χ3v) is 3.26. The summed E-state index contributed by atoms with van der Waals surface area (Å²) < 4.78 is 5.18. The van der Waals surface area contributed by atoms with Gasteiger partial charge in [0.2, 0.25) is 5.88 Å². The molecule has 1 saturated heterocycles. The lowest BCUT2D eigenvalue weighted by Crippen LogP contribution is -2.46. The summed E-state index contributed by atoms with van der Waals surface area (Å²) in [5.41, 5.74) is 0. The van der Waals surface area contributed by atoms with Crippen LogP contribution in [0.15, 0.2) is 18.2 Å².